The van der Waals surface area contributed by atoms with E-state index in [9.17, 15) is 9.59 Å². The van der Waals surface area contributed by atoms with E-state index < -0.39 is 28.6 Å². The molecule has 0 aromatic carbocycles. The molecule has 0 N–H and O–H groups in total. The quantitative estimate of drug-likeness (QED) is 0.309. The first kappa shape index (κ1) is 27.9. The van der Waals surface area contributed by atoms with Gasteiger partial charge in [0.1, 0.15) is 11.1 Å². The fourth-order valence-electron chi connectivity index (χ4n) is 4.91. The normalized spacial score (nSPS) is 31.1. The van der Waals surface area contributed by atoms with Gasteiger partial charge < -0.3 is 23.5 Å². The largest absolute Gasteiger partial charge is 0.467 e. The summed E-state index contributed by atoms with van der Waals surface area (Å²) in [6.07, 6.45) is 2.20. The van der Waals surface area contributed by atoms with Crippen molar-refractivity contribution >= 4 is 19.2 Å². The zero-order valence-corrected chi connectivity index (χ0v) is 22.5. The molecule has 2 heterocycles. The topological polar surface area (TPSA) is 83.5 Å². The predicted octanol–water partition coefficient (Wildman–Crippen LogP) is 4.45. The Morgan fingerprint density at radius 2 is 1.55 bits per heavy atom. The van der Waals surface area contributed by atoms with Crippen LogP contribution in [-0.4, -0.2) is 73.3 Å². The molecule has 33 heavy (non-hydrogen) atoms. The van der Waals surface area contributed by atoms with Gasteiger partial charge in [0.05, 0.1) is 31.0 Å². The Labute approximate surface area is 200 Å². The average molecular weight is 469 g/mol. The van der Waals surface area contributed by atoms with Gasteiger partial charge in [0.2, 0.25) is 0 Å². The lowest BCUT2D eigenvalue weighted by molar-refractivity contribution is -0.160. The Balaban J connectivity index is 2.16. The molecule has 2 fully saturated rings. The minimum Gasteiger partial charge on any atom is -0.467 e. The maximum Gasteiger partial charge on any atom is 0.457 e. The lowest BCUT2D eigenvalue weighted by atomic mass is 9.67. The van der Waals surface area contributed by atoms with E-state index in [0.717, 1.165) is 19.2 Å². The second-order valence-electron chi connectivity index (χ2n) is 11.7. The van der Waals surface area contributed by atoms with Gasteiger partial charge in [-0.25, -0.2) is 9.59 Å². The number of hydrogen-bond donors (Lipinski definition) is 0. The summed E-state index contributed by atoms with van der Waals surface area (Å²) >= 11 is 0. The number of amides is 1. The maximum atomic E-state index is 13.1. The second-order valence-corrected chi connectivity index (χ2v) is 11.7. The lowest BCUT2D eigenvalue weighted by Gasteiger charge is -2.44. The molecule has 8 nitrogen and oxygen atoms in total. The highest BCUT2D eigenvalue weighted by atomic mass is 16.7. The van der Waals surface area contributed by atoms with Gasteiger partial charge in [0, 0.05) is 12.5 Å². The van der Waals surface area contributed by atoms with Crippen molar-refractivity contribution < 1.29 is 33.1 Å². The smallest absolute Gasteiger partial charge is 0.457 e. The van der Waals surface area contributed by atoms with Crippen molar-refractivity contribution in [2.45, 2.75) is 116 Å². The first-order valence-electron chi connectivity index (χ1n) is 11.9. The highest BCUT2D eigenvalue weighted by Crippen LogP contribution is 2.51. The Bertz CT molecular complexity index is 719. The van der Waals surface area contributed by atoms with Crippen LogP contribution in [0.2, 0.25) is 6.32 Å². The van der Waals surface area contributed by atoms with Crippen molar-refractivity contribution in [3.63, 3.8) is 0 Å². The van der Waals surface area contributed by atoms with Crippen LogP contribution in [0.25, 0.3) is 0 Å². The first-order chi connectivity index (χ1) is 14.9. The molecular formula is C24H44BNO7. The monoisotopic (exact) mass is 469 g/mol. The number of likely N-dealkylation sites (tertiary alicyclic amines) is 1. The molecule has 190 valence electrons. The SMILES string of the molecule is COC(=O)[C@@]1(C)N(C(=O)OC(C)(C)C)C[C@H](OC)[C@@]1(C)CCCCB1OC(C)(C)C(C)(C)O1. The molecule has 9 heteroatoms. The zero-order valence-electron chi connectivity index (χ0n) is 22.5. The predicted molar refractivity (Wildman–Crippen MR) is 127 cm³/mol. The van der Waals surface area contributed by atoms with E-state index >= 15 is 0 Å². The molecular weight excluding hydrogens is 425 g/mol. The number of carbonyl (C=O) groups is 2. The summed E-state index contributed by atoms with van der Waals surface area (Å²) in [6, 6.07) is 0. The van der Waals surface area contributed by atoms with Gasteiger partial charge in [0.15, 0.2) is 0 Å². The van der Waals surface area contributed by atoms with Crippen molar-refractivity contribution in [1.82, 2.24) is 4.90 Å². The second kappa shape index (κ2) is 9.38. The molecule has 2 saturated heterocycles. The summed E-state index contributed by atoms with van der Waals surface area (Å²) in [6.45, 7) is 17.6. The minimum atomic E-state index is -1.23. The van der Waals surface area contributed by atoms with Gasteiger partial charge in [0.25, 0.3) is 0 Å². The van der Waals surface area contributed by atoms with E-state index in [1.54, 1.807) is 34.8 Å². The number of ether oxygens (including phenoxy) is 3. The molecule has 0 saturated carbocycles. The number of methoxy groups -OCH3 is 2. The highest BCUT2D eigenvalue weighted by Gasteiger charge is 2.66. The Morgan fingerprint density at radius 1 is 1.00 bits per heavy atom. The molecule has 3 atom stereocenters. The van der Waals surface area contributed by atoms with E-state index in [1.807, 2.05) is 34.6 Å². The lowest BCUT2D eigenvalue weighted by Crippen LogP contribution is -2.60. The van der Waals surface area contributed by atoms with Crippen molar-refractivity contribution in [2.24, 2.45) is 5.41 Å². The molecule has 2 aliphatic rings. The average Bonchev–Trinajstić information content (AvgIpc) is 3.03. The number of rotatable bonds is 7. The number of unbranched alkanes of at least 4 members (excludes halogenated alkanes) is 1. The molecule has 2 aliphatic heterocycles. The zero-order chi connectivity index (χ0) is 25.5. The van der Waals surface area contributed by atoms with Gasteiger partial charge in [-0.3, -0.25) is 4.90 Å². The highest BCUT2D eigenvalue weighted by molar-refractivity contribution is 6.45. The van der Waals surface area contributed by atoms with Crippen LogP contribution in [0.1, 0.15) is 81.6 Å². The molecule has 0 bridgehead atoms. The number of hydrogen-bond acceptors (Lipinski definition) is 7. The van der Waals surface area contributed by atoms with Crippen LogP contribution < -0.4 is 0 Å². The van der Waals surface area contributed by atoms with Crippen molar-refractivity contribution in [2.75, 3.05) is 20.8 Å². The van der Waals surface area contributed by atoms with Crippen molar-refractivity contribution in [3.05, 3.63) is 0 Å². The van der Waals surface area contributed by atoms with Gasteiger partial charge in [-0.15, -0.1) is 0 Å². The third-order valence-corrected chi connectivity index (χ3v) is 7.88. The molecule has 0 radical (unpaired) electrons. The van der Waals surface area contributed by atoms with E-state index in [-0.39, 0.29) is 31.0 Å². The first-order valence-corrected chi connectivity index (χ1v) is 11.9. The summed E-state index contributed by atoms with van der Waals surface area (Å²) in [5.41, 5.74) is -3.28. The fourth-order valence-corrected chi connectivity index (χ4v) is 4.91. The van der Waals surface area contributed by atoms with Gasteiger partial charge in [-0.1, -0.05) is 19.8 Å². The third-order valence-electron chi connectivity index (χ3n) is 7.88. The number of esters is 1. The fraction of sp³-hybridized carbons (Fsp3) is 0.917. The van der Waals surface area contributed by atoms with Crippen LogP contribution in [0.3, 0.4) is 0 Å². The molecule has 2 rings (SSSR count). The molecule has 0 unspecified atom stereocenters. The summed E-state index contributed by atoms with van der Waals surface area (Å²) in [7, 11) is 2.71. The molecule has 1 amide bonds. The van der Waals surface area contributed by atoms with Crippen LogP contribution in [0.4, 0.5) is 4.79 Å². The maximum absolute atomic E-state index is 13.1. The standard InChI is InChI=1S/C24H44BNO7/c1-20(2,3)31-19(28)26-16-17(29-10)23(8,24(26,9)18(27)30-11)14-12-13-15-25-32-21(4,5)22(6,7)33-25/h17H,12-16H2,1-11H3/t17-,23+,24+/m0/s1. The minimum absolute atomic E-state index is 0.255. The van der Waals surface area contributed by atoms with Crippen LogP contribution in [-0.2, 0) is 28.3 Å². The molecule has 0 aromatic heterocycles. The summed E-state index contributed by atoms with van der Waals surface area (Å²) < 4.78 is 28.8. The van der Waals surface area contributed by atoms with Crippen LogP contribution in [0.5, 0.6) is 0 Å². The van der Waals surface area contributed by atoms with Gasteiger partial charge in [-0.05, 0) is 68.1 Å². The number of carbonyl (C=O) groups excluding carboxylic acids is 2. The van der Waals surface area contributed by atoms with E-state index in [1.165, 1.54) is 12.0 Å². The third kappa shape index (κ3) is 5.20. The Morgan fingerprint density at radius 3 is 2.00 bits per heavy atom. The van der Waals surface area contributed by atoms with Gasteiger partial charge in [-0.2, -0.15) is 0 Å². The summed E-state index contributed by atoms with van der Waals surface area (Å²) in [5.74, 6) is -0.471. The van der Waals surface area contributed by atoms with E-state index in [2.05, 4.69) is 0 Å². The van der Waals surface area contributed by atoms with Crippen LogP contribution in [0.15, 0.2) is 0 Å². The summed E-state index contributed by atoms with van der Waals surface area (Å²) in [4.78, 5) is 27.7. The number of nitrogens with zero attached hydrogens (tertiary/aromatic N) is 1. The van der Waals surface area contributed by atoms with Crippen LogP contribution in [0, 0.1) is 5.41 Å². The molecule has 0 spiro atoms. The molecule has 0 aliphatic carbocycles. The molecule has 0 aromatic rings. The van der Waals surface area contributed by atoms with Crippen molar-refractivity contribution in [1.29, 1.82) is 0 Å². The Kier molecular flexibility index (Phi) is 7.94. The van der Waals surface area contributed by atoms with E-state index in [0.29, 0.717) is 6.42 Å². The summed E-state index contributed by atoms with van der Waals surface area (Å²) in [5, 5.41) is 0. The van der Waals surface area contributed by atoms with Crippen molar-refractivity contribution in [3.8, 4) is 0 Å². The van der Waals surface area contributed by atoms with E-state index in [4.69, 9.17) is 23.5 Å². The Hall–Kier alpha value is -1.32. The van der Waals surface area contributed by atoms with Crippen LogP contribution >= 0.6 is 0 Å². The van der Waals surface area contributed by atoms with Gasteiger partial charge >= 0.3 is 19.2 Å².